The smallest absolute Gasteiger partial charge is 0.222 e. The zero-order chi connectivity index (χ0) is 15.8. The average molecular weight is 301 g/mol. The SMILES string of the molecule is CCCC(C)C(=O)NCC(O)COc1ccc(F)c(F)c1. The second-order valence-corrected chi connectivity index (χ2v) is 4.98. The Labute approximate surface area is 123 Å². The predicted molar refractivity (Wildman–Crippen MR) is 74.9 cm³/mol. The predicted octanol–water partition coefficient (Wildman–Crippen LogP) is 2.26. The molecule has 118 valence electrons. The molecular formula is C15H21F2NO3. The Morgan fingerprint density at radius 1 is 1.38 bits per heavy atom. The van der Waals surface area contributed by atoms with Gasteiger partial charge in [-0.3, -0.25) is 4.79 Å². The fourth-order valence-corrected chi connectivity index (χ4v) is 1.77. The molecule has 0 aliphatic rings. The Kier molecular flexibility index (Phi) is 7.08. The summed E-state index contributed by atoms with van der Waals surface area (Å²) in [6.45, 7) is 3.75. The van der Waals surface area contributed by atoms with Crippen molar-refractivity contribution in [1.29, 1.82) is 0 Å². The van der Waals surface area contributed by atoms with Gasteiger partial charge < -0.3 is 15.2 Å². The summed E-state index contributed by atoms with van der Waals surface area (Å²) in [5.74, 6) is -2.07. The molecule has 1 aromatic carbocycles. The molecule has 2 unspecified atom stereocenters. The van der Waals surface area contributed by atoms with Crippen LogP contribution < -0.4 is 10.1 Å². The highest BCUT2D eigenvalue weighted by molar-refractivity contribution is 5.78. The first-order chi connectivity index (χ1) is 9.93. The highest BCUT2D eigenvalue weighted by atomic mass is 19.2. The molecule has 0 aliphatic carbocycles. The van der Waals surface area contributed by atoms with Gasteiger partial charge in [0.1, 0.15) is 18.5 Å². The van der Waals surface area contributed by atoms with Gasteiger partial charge in [0.15, 0.2) is 11.6 Å². The number of carbonyl (C=O) groups is 1. The minimum atomic E-state index is -1.01. The summed E-state index contributed by atoms with van der Waals surface area (Å²) in [4.78, 5) is 11.6. The Bertz CT molecular complexity index is 468. The fraction of sp³-hybridized carbons (Fsp3) is 0.533. The van der Waals surface area contributed by atoms with Gasteiger partial charge >= 0.3 is 0 Å². The second kappa shape index (κ2) is 8.56. The third kappa shape index (κ3) is 6.08. The van der Waals surface area contributed by atoms with Crippen molar-refractivity contribution in [2.24, 2.45) is 5.92 Å². The fourth-order valence-electron chi connectivity index (χ4n) is 1.77. The van der Waals surface area contributed by atoms with Crippen molar-refractivity contribution in [2.75, 3.05) is 13.2 Å². The molecule has 0 spiro atoms. The van der Waals surface area contributed by atoms with Gasteiger partial charge in [-0.2, -0.15) is 0 Å². The van der Waals surface area contributed by atoms with Gasteiger partial charge in [-0.25, -0.2) is 8.78 Å². The summed E-state index contributed by atoms with van der Waals surface area (Å²) >= 11 is 0. The van der Waals surface area contributed by atoms with Gasteiger partial charge in [-0.05, 0) is 18.6 Å². The van der Waals surface area contributed by atoms with Crippen molar-refractivity contribution >= 4 is 5.91 Å². The van der Waals surface area contributed by atoms with Crippen molar-refractivity contribution in [2.45, 2.75) is 32.8 Å². The Balaban J connectivity index is 2.32. The second-order valence-electron chi connectivity index (χ2n) is 4.98. The lowest BCUT2D eigenvalue weighted by molar-refractivity contribution is -0.125. The topological polar surface area (TPSA) is 58.6 Å². The molecule has 0 saturated heterocycles. The largest absolute Gasteiger partial charge is 0.491 e. The third-order valence-electron chi connectivity index (χ3n) is 3.01. The van der Waals surface area contributed by atoms with Crippen molar-refractivity contribution in [3.63, 3.8) is 0 Å². The molecule has 1 rings (SSSR count). The van der Waals surface area contributed by atoms with Gasteiger partial charge in [0.2, 0.25) is 5.91 Å². The minimum absolute atomic E-state index is 0.0521. The summed E-state index contributed by atoms with van der Waals surface area (Å²) in [6.07, 6.45) is 0.778. The molecule has 0 radical (unpaired) electrons. The molecule has 4 nitrogen and oxygen atoms in total. The van der Waals surface area contributed by atoms with Crippen LogP contribution >= 0.6 is 0 Å². The van der Waals surface area contributed by atoms with Crippen LogP contribution in [0, 0.1) is 17.6 Å². The first-order valence-corrected chi connectivity index (χ1v) is 6.97. The number of hydrogen-bond donors (Lipinski definition) is 2. The Morgan fingerprint density at radius 3 is 2.71 bits per heavy atom. The monoisotopic (exact) mass is 301 g/mol. The van der Waals surface area contributed by atoms with Crippen LogP contribution in [0.5, 0.6) is 5.75 Å². The lowest BCUT2D eigenvalue weighted by atomic mass is 10.1. The highest BCUT2D eigenvalue weighted by Crippen LogP contribution is 2.15. The maximum absolute atomic E-state index is 12.9. The van der Waals surface area contributed by atoms with Gasteiger partial charge in [-0.1, -0.05) is 20.3 Å². The Morgan fingerprint density at radius 2 is 2.10 bits per heavy atom. The number of aliphatic hydroxyl groups is 1. The zero-order valence-corrected chi connectivity index (χ0v) is 12.2. The van der Waals surface area contributed by atoms with Gasteiger partial charge in [0, 0.05) is 18.5 Å². The number of rotatable bonds is 8. The van der Waals surface area contributed by atoms with E-state index in [4.69, 9.17) is 4.74 Å². The molecule has 0 bridgehead atoms. The van der Waals surface area contributed by atoms with E-state index in [-0.39, 0.29) is 30.7 Å². The number of aliphatic hydroxyl groups excluding tert-OH is 1. The highest BCUT2D eigenvalue weighted by Gasteiger charge is 2.14. The van der Waals surface area contributed by atoms with Crippen molar-refractivity contribution < 1.29 is 23.4 Å². The van der Waals surface area contributed by atoms with E-state index in [1.165, 1.54) is 6.07 Å². The van der Waals surface area contributed by atoms with E-state index in [1.54, 1.807) is 0 Å². The quantitative estimate of drug-likeness (QED) is 0.774. The molecule has 2 N–H and O–H groups in total. The van der Waals surface area contributed by atoms with Gasteiger partial charge in [0.25, 0.3) is 0 Å². The molecule has 2 atom stereocenters. The number of nitrogens with one attached hydrogen (secondary N) is 1. The summed E-state index contributed by atoms with van der Waals surface area (Å²) in [7, 11) is 0. The van der Waals surface area contributed by atoms with Gasteiger partial charge in [-0.15, -0.1) is 0 Å². The number of ether oxygens (including phenoxy) is 1. The van der Waals surface area contributed by atoms with Gasteiger partial charge in [0.05, 0.1) is 0 Å². The lowest BCUT2D eigenvalue weighted by Crippen LogP contribution is -2.37. The van der Waals surface area contributed by atoms with Crippen molar-refractivity contribution in [3.05, 3.63) is 29.8 Å². The van der Waals surface area contributed by atoms with Crippen molar-refractivity contribution in [1.82, 2.24) is 5.32 Å². The molecule has 0 aliphatic heterocycles. The first-order valence-electron chi connectivity index (χ1n) is 6.97. The first kappa shape index (κ1) is 17.4. The number of hydrogen-bond acceptors (Lipinski definition) is 3. The molecule has 0 saturated carbocycles. The maximum atomic E-state index is 12.9. The standard InChI is InChI=1S/C15H21F2NO3/c1-3-4-10(2)15(20)18-8-11(19)9-21-12-5-6-13(16)14(17)7-12/h5-7,10-11,19H,3-4,8-9H2,1-2H3,(H,18,20). The van der Waals surface area contributed by atoms with Crippen LogP contribution in [-0.2, 0) is 4.79 Å². The molecule has 6 heteroatoms. The zero-order valence-electron chi connectivity index (χ0n) is 12.2. The van der Waals surface area contributed by atoms with E-state index in [0.717, 1.165) is 25.0 Å². The molecule has 0 aromatic heterocycles. The van der Waals surface area contributed by atoms with Crippen LogP contribution in [0.15, 0.2) is 18.2 Å². The molecule has 1 aromatic rings. The van der Waals surface area contributed by atoms with E-state index in [2.05, 4.69) is 5.32 Å². The van der Waals surface area contributed by atoms with Crippen LogP contribution in [-0.4, -0.2) is 30.3 Å². The summed E-state index contributed by atoms with van der Waals surface area (Å²) in [6, 6.07) is 3.13. The number of benzene rings is 1. The molecule has 1 amide bonds. The van der Waals surface area contributed by atoms with E-state index >= 15 is 0 Å². The van der Waals surface area contributed by atoms with E-state index in [9.17, 15) is 18.7 Å². The average Bonchev–Trinajstić information content (AvgIpc) is 2.46. The summed E-state index contributed by atoms with van der Waals surface area (Å²) < 4.78 is 30.8. The number of carbonyl (C=O) groups excluding carboxylic acids is 1. The van der Waals surface area contributed by atoms with E-state index in [1.807, 2.05) is 13.8 Å². The van der Waals surface area contributed by atoms with Crippen molar-refractivity contribution in [3.8, 4) is 5.75 Å². The summed E-state index contributed by atoms with van der Waals surface area (Å²) in [5, 5.41) is 12.3. The molecule has 0 fully saturated rings. The maximum Gasteiger partial charge on any atom is 0.222 e. The normalized spacial score (nSPS) is 13.6. The van der Waals surface area contributed by atoms with Crippen LogP contribution in [0.4, 0.5) is 8.78 Å². The molecule has 0 heterocycles. The summed E-state index contributed by atoms with van der Waals surface area (Å²) in [5.41, 5.74) is 0. The van der Waals surface area contributed by atoms with E-state index in [0.29, 0.717) is 0 Å². The molecular weight excluding hydrogens is 280 g/mol. The van der Waals surface area contributed by atoms with E-state index < -0.39 is 17.7 Å². The van der Waals surface area contributed by atoms with Crippen LogP contribution in [0.25, 0.3) is 0 Å². The number of halogens is 2. The third-order valence-corrected chi connectivity index (χ3v) is 3.01. The van der Waals surface area contributed by atoms with Crippen LogP contribution in [0.3, 0.4) is 0 Å². The number of amides is 1. The Hall–Kier alpha value is -1.69. The lowest BCUT2D eigenvalue weighted by Gasteiger charge is -2.15. The minimum Gasteiger partial charge on any atom is -0.491 e. The molecule has 21 heavy (non-hydrogen) atoms. The van der Waals surface area contributed by atoms with Crippen LogP contribution in [0.1, 0.15) is 26.7 Å². The van der Waals surface area contributed by atoms with Crippen LogP contribution in [0.2, 0.25) is 0 Å².